The minimum atomic E-state index is -0.642. The number of nitro groups is 1. The molecule has 21 heavy (non-hydrogen) atoms. The van der Waals surface area contributed by atoms with Crippen molar-refractivity contribution in [3.8, 4) is 0 Å². The van der Waals surface area contributed by atoms with Crippen LogP contribution in [0.1, 0.15) is 5.56 Å². The molecule has 2 aromatic carbocycles. The molecule has 0 spiro atoms. The number of hydrazone groups is 1. The Morgan fingerprint density at radius 2 is 2.05 bits per heavy atom. The lowest BCUT2D eigenvalue weighted by molar-refractivity contribution is -0.339. The number of hydrogen-bond acceptors (Lipinski definition) is 5. The molecule has 2 aromatic rings. The fourth-order valence-corrected chi connectivity index (χ4v) is 2.79. The van der Waals surface area contributed by atoms with Crippen LogP contribution in [-0.2, 0) is 0 Å². The minimum absolute atomic E-state index is 0.560. The molecule has 0 atom stereocenters. The van der Waals surface area contributed by atoms with Gasteiger partial charge in [0.05, 0.1) is 10.7 Å². The van der Waals surface area contributed by atoms with E-state index in [-0.39, 0.29) is 0 Å². The predicted octanol–water partition coefficient (Wildman–Crippen LogP) is 4.43. The molecule has 0 heterocycles. The molecule has 0 aliphatic rings. The van der Waals surface area contributed by atoms with Crippen LogP contribution in [0.5, 0.6) is 0 Å². The third-order valence-corrected chi connectivity index (χ3v) is 4.27. The van der Waals surface area contributed by atoms with E-state index in [9.17, 15) is 10.1 Å². The van der Waals surface area contributed by atoms with Crippen LogP contribution in [0.4, 0.5) is 5.69 Å². The van der Waals surface area contributed by atoms with Crippen LogP contribution in [0.25, 0.3) is 0 Å². The van der Waals surface area contributed by atoms with Crippen LogP contribution in [0.15, 0.2) is 57.4 Å². The van der Waals surface area contributed by atoms with Gasteiger partial charge in [-0.2, -0.15) is 5.43 Å². The molecule has 108 valence electrons. The summed E-state index contributed by atoms with van der Waals surface area (Å²) >= 11 is 7.80. The number of nitrogens with zero attached hydrogens (tertiary/aromatic N) is 2. The zero-order chi connectivity index (χ0) is 15.2. The molecule has 0 unspecified atom stereocenters. The van der Waals surface area contributed by atoms with Crippen molar-refractivity contribution in [3.63, 3.8) is 0 Å². The van der Waals surface area contributed by atoms with Crippen LogP contribution in [0.2, 0.25) is 5.02 Å². The van der Waals surface area contributed by atoms with Crippen LogP contribution < -0.4 is 5.43 Å². The van der Waals surface area contributed by atoms with E-state index in [1.807, 2.05) is 37.3 Å². The van der Waals surface area contributed by atoms with Gasteiger partial charge in [0.15, 0.2) is 0 Å². The number of rotatable bonds is 5. The summed E-state index contributed by atoms with van der Waals surface area (Å²) in [6.07, 6.45) is 0.587. The molecule has 0 fully saturated rings. The summed E-state index contributed by atoms with van der Waals surface area (Å²) < 4.78 is 0. The first-order valence-corrected chi connectivity index (χ1v) is 7.21. The Morgan fingerprint density at radius 3 is 2.71 bits per heavy atom. The van der Waals surface area contributed by atoms with Crippen LogP contribution in [0, 0.1) is 17.0 Å². The molecule has 0 saturated heterocycles. The molecule has 0 aliphatic heterocycles. The van der Waals surface area contributed by atoms with Crippen molar-refractivity contribution in [1.29, 1.82) is 0 Å². The van der Waals surface area contributed by atoms with Crippen molar-refractivity contribution in [3.05, 3.63) is 63.2 Å². The Labute approximate surface area is 131 Å². The SMILES string of the molecule is Cc1ccccc1Sc1ccc(N/N=C/[N+](=O)[O-])cc1Cl. The van der Waals surface area contributed by atoms with Gasteiger partial charge < -0.3 is 10.1 Å². The highest BCUT2D eigenvalue weighted by molar-refractivity contribution is 7.99. The zero-order valence-electron chi connectivity index (χ0n) is 11.1. The average molecular weight is 322 g/mol. The highest BCUT2D eigenvalue weighted by Gasteiger charge is 2.06. The van der Waals surface area contributed by atoms with E-state index in [1.165, 1.54) is 5.56 Å². The van der Waals surface area contributed by atoms with Gasteiger partial charge in [0.1, 0.15) is 0 Å². The summed E-state index contributed by atoms with van der Waals surface area (Å²) in [7, 11) is 0. The third kappa shape index (κ3) is 4.47. The van der Waals surface area contributed by atoms with E-state index in [0.717, 1.165) is 9.79 Å². The van der Waals surface area contributed by atoms with Crippen LogP contribution >= 0.6 is 23.4 Å². The van der Waals surface area contributed by atoms with Gasteiger partial charge in [0, 0.05) is 14.9 Å². The first kappa shape index (κ1) is 15.3. The Balaban J connectivity index is 2.12. The van der Waals surface area contributed by atoms with Gasteiger partial charge in [-0.1, -0.05) is 41.6 Å². The highest BCUT2D eigenvalue weighted by atomic mass is 35.5. The maximum absolute atomic E-state index is 10.1. The smallest absolute Gasteiger partial charge is 0.352 e. The highest BCUT2D eigenvalue weighted by Crippen LogP contribution is 2.36. The molecule has 7 heteroatoms. The second-order valence-corrected chi connectivity index (χ2v) is 5.65. The van der Waals surface area contributed by atoms with Crippen molar-refractivity contribution in [2.75, 3.05) is 5.43 Å². The summed E-state index contributed by atoms with van der Waals surface area (Å²) in [4.78, 5) is 11.5. The molecule has 1 N–H and O–H groups in total. The molecule has 0 saturated carbocycles. The van der Waals surface area contributed by atoms with E-state index >= 15 is 0 Å². The Hall–Kier alpha value is -2.05. The molecule has 0 aliphatic carbocycles. The lowest BCUT2D eigenvalue weighted by Crippen LogP contribution is -1.97. The van der Waals surface area contributed by atoms with Gasteiger partial charge in [0.2, 0.25) is 0 Å². The standard InChI is InChI=1S/C14H12ClN3O2S/c1-10-4-2-3-5-13(10)21-14-7-6-11(8-12(14)15)17-16-9-18(19)20/h2-9,17H,1H3/b16-9+. The summed E-state index contributed by atoms with van der Waals surface area (Å²) in [5.74, 6) is 0. The van der Waals surface area contributed by atoms with Crippen LogP contribution in [0.3, 0.4) is 0 Å². The van der Waals surface area contributed by atoms with E-state index in [0.29, 0.717) is 17.0 Å². The second-order valence-electron chi connectivity index (χ2n) is 4.15. The quantitative estimate of drug-likeness (QED) is 0.383. The maximum atomic E-state index is 10.1. The molecule has 2 rings (SSSR count). The fourth-order valence-electron chi connectivity index (χ4n) is 1.59. The molecule has 0 bridgehead atoms. The number of hydrogen-bond donors (Lipinski definition) is 1. The van der Waals surface area contributed by atoms with Crippen molar-refractivity contribution in [2.24, 2.45) is 5.10 Å². The van der Waals surface area contributed by atoms with Gasteiger partial charge >= 0.3 is 6.34 Å². The normalized spacial score (nSPS) is 10.8. The number of halogens is 1. The number of anilines is 1. The third-order valence-electron chi connectivity index (χ3n) is 2.59. The molecule has 5 nitrogen and oxygen atoms in total. The topological polar surface area (TPSA) is 67.5 Å². The lowest BCUT2D eigenvalue weighted by atomic mass is 10.2. The van der Waals surface area contributed by atoms with Crippen molar-refractivity contribution in [2.45, 2.75) is 16.7 Å². The zero-order valence-corrected chi connectivity index (χ0v) is 12.7. The predicted molar refractivity (Wildman–Crippen MR) is 85.9 cm³/mol. The summed E-state index contributed by atoms with van der Waals surface area (Å²) in [6, 6.07) is 13.3. The van der Waals surface area contributed by atoms with Gasteiger partial charge in [-0.05, 0) is 41.7 Å². The number of aryl methyl sites for hydroxylation is 1. The maximum Gasteiger partial charge on any atom is 0.352 e. The van der Waals surface area contributed by atoms with Gasteiger partial charge in [-0.15, -0.1) is 0 Å². The fraction of sp³-hybridized carbons (Fsp3) is 0.0714. The monoisotopic (exact) mass is 321 g/mol. The number of benzene rings is 2. The van der Waals surface area contributed by atoms with E-state index in [4.69, 9.17) is 11.6 Å². The Kier molecular flexibility index (Phi) is 5.19. The first-order chi connectivity index (χ1) is 10.1. The summed E-state index contributed by atoms with van der Waals surface area (Å²) in [5.41, 5.74) is 4.32. The van der Waals surface area contributed by atoms with E-state index in [2.05, 4.69) is 10.5 Å². The lowest BCUT2D eigenvalue weighted by Gasteiger charge is -2.07. The molecular weight excluding hydrogens is 310 g/mol. The molecule has 0 amide bonds. The van der Waals surface area contributed by atoms with Gasteiger partial charge in [-0.25, -0.2) is 0 Å². The second kappa shape index (κ2) is 7.10. The first-order valence-electron chi connectivity index (χ1n) is 6.02. The summed E-state index contributed by atoms with van der Waals surface area (Å²) in [5, 5.41) is 14.2. The molecular formula is C14H12ClN3O2S. The van der Waals surface area contributed by atoms with E-state index in [1.54, 1.807) is 23.9 Å². The van der Waals surface area contributed by atoms with Gasteiger partial charge in [-0.3, -0.25) is 0 Å². The van der Waals surface area contributed by atoms with E-state index < -0.39 is 4.92 Å². The minimum Gasteiger partial charge on any atom is -0.358 e. The van der Waals surface area contributed by atoms with Crippen molar-refractivity contribution >= 4 is 35.4 Å². The number of nitrogens with one attached hydrogen (secondary N) is 1. The summed E-state index contributed by atoms with van der Waals surface area (Å²) in [6.45, 7) is 2.04. The van der Waals surface area contributed by atoms with Gasteiger partial charge in [0.25, 0.3) is 0 Å². The molecule has 0 aromatic heterocycles. The Bertz CT molecular complexity index is 692. The van der Waals surface area contributed by atoms with Crippen LogP contribution in [-0.4, -0.2) is 11.3 Å². The van der Waals surface area contributed by atoms with Crippen molar-refractivity contribution in [1.82, 2.24) is 0 Å². The Morgan fingerprint density at radius 1 is 1.29 bits per heavy atom. The average Bonchev–Trinajstić information content (AvgIpc) is 2.43. The van der Waals surface area contributed by atoms with Crippen molar-refractivity contribution < 1.29 is 4.92 Å². The molecule has 0 radical (unpaired) electrons. The largest absolute Gasteiger partial charge is 0.358 e.